The van der Waals surface area contributed by atoms with E-state index in [1.54, 1.807) is 41.3 Å². The lowest BCUT2D eigenvalue weighted by Gasteiger charge is -2.29. The molecule has 0 spiro atoms. The Balaban J connectivity index is 1.52. The Labute approximate surface area is 181 Å². The molecule has 30 heavy (non-hydrogen) atoms. The van der Waals surface area contributed by atoms with Crippen LogP contribution in [0.2, 0.25) is 5.02 Å². The maximum absolute atomic E-state index is 13.0. The molecule has 4 rings (SSSR count). The molecule has 1 aliphatic heterocycles. The number of sulfonamides is 1. The van der Waals surface area contributed by atoms with Gasteiger partial charge >= 0.3 is 0 Å². The molecule has 0 aliphatic carbocycles. The lowest BCUT2D eigenvalue weighted by molar-refractivity contribution is 0.0735. The van der Waals surface area contributed by atoms with Gasteiger partial charge in [-0.15, -0.1) is 0 Å². The van der Waals surface area contributed by atoms with Gasteiger partial charge in [0.15, 0.2) is 0 Å². The first-order valence-electron chi connectivity index (χ1n) is 9.58. The number of rotatable bonds is 4. The highest BCUT2D eigenvalue weighted by Crippen LogP contribution is 2.27. The molecule has 1 aliphatic rings. The summed E-state index contributed by atoms with van der Waals surface area (Å²) >= 11 is 6.36. The number of anilines is 1. The number of aryl methyl sites for hydroxylation is 1. The van der Waals surface area contributed by atoms with Crippen LogP contribution < -0.4 is 4.72 Å². The summed E-state index contributed by atoms with van der Waals surface area (Å²) in [4.78, 5) is 14.9. The predicted molar refractivity (Wildman–Crippen MR) is 118 cm³/mol. The van der Waals surface area contributed by atoms with Crippen LogP contribution in [0.25, 0.3) is 0 Å². The average Bonchev–Trinajstić information content (AvgIpc) is 2.73. The fourth-order valence-corrected chi connectivity index (χ4v) is 4.83. The van der Waals surface area contributed by atoms with Crippen molar-refractivity contribution in [1.82, 2.24) is 4.90 Å². The number of carbonyl (C=O) groups excluding carboxylic acids is 1. The molecule has 0 aromatic heterocycles. The average molecular weight is 441 g/mol. The van der Waals surface area contributed by atoms with E-state index in [1.807, 2.05) is 25.1 Å². The molecule has 1 heterocycles. The van der Waals surface area contributed by atoms with Gasteiger partial charge in [0.2, 0.25) is 0 Å². The Morgan fingerprint density at radius 3 is 2.40 bits per heavy atom. The Morgan fingerprint density at radius 1 is 1.00 bits per heavy atom. The van der Waals surface area contributed by atoms with Crippen LogP contribution in [0, 0.1) is 6.92 Å². The zero-order valence-electron chi connectivity index (χ0n) is 16.4. The van der Waals surface area contributed by atoms with Crippen LogP contribution >= 0.6 is 11.6 Å². The second kappa shape index (κ2) is 8.13. The van der Waals surface area contributed by atoms with Crippen LogP contribution in [0.1, 0.15) is 27.0 Å². The van der Waals surface area contributed by atoms with Gasteiger partial charge in [-0.1, -0.05) is 53.6 Å². The van der Waals surface area contributed by atoms with Gasteiger partial charge in [-0.3, -0.25) is 9.52 Å². The van der Waals surface area contributed by atoms with Crippen LogP contribution in [0.5, 0.6) is 0 Å². The topological polar surface area (TPSA) is 66.5 Å². The van der Waals surface area contributed by atoms with E-state index >= 15 is 0 Å². The highest BCUT2D eigenvalue weighted by Gasteiger charge is 2.23. The molecule has 0 atom stereocenters. The van der Waals surface area contributed by atoms with Crippen LogP contribution in [0.4, 0.5) is 5.69 Å². The Hall–Kier alpha value is -2.83. The van der Waals surface area contributed by atoms with Crippen LogP contribution in [0.3, 0.4) is 0 Å². The van der Waals surface area contributed by atoms with Crippen molar-refractivity contribution in [3.8, 4) is 0 Å². The minimum absolute atomic E-state index is 0.163. The summed E-state index contributed by atoms with van der Waals surface area (Å²) in [6.45, 7) is 3.04. The number of carbonyl (C=O) groups is 1. The molecule has 0 saturated heterocycles. The van der Waals surface area contributed by atoms with Gasteiger partial charge in [-0.05, 0) is 54.8 Å². The molecule has 7 heteroatoms. The summed E-state index contributed by atoms with van der Waals surface area (Å²) in [7, 11) is -3.74. The maximum atomic E-state index is 13.0. The summed E-state index contributed by atoms with van der Waals surface area (Å²) in [5.41, 5.74) is 4.03. The maximum Gasteiger partial charge on any atom is 0.261 e. The van der Waals surface area contributed by atoms with Crippen molar-refractivity contribution in [2.75, 3.05) is 11.3 Å². The summed E-state index contributed by atoms with van der Waals surface area (Å²) in [5, 5.41) is 0.211. The van der Waals surface area contributed by atoms with E-state index in [4.69, 9.17) is 11.6 Å². The van der Waals surface area contributed by atoms with E-state index in [9.17, 15) is 13.2 Å². The molecule has 3 aromatic rings. The molecular formula is C23H21ClN2O3S. The van der Waals surface area contributed by atoms with Gasteiger partial charge in [-0.2, -0.15) is 0 Å². The van der Waals surface area contributed by atoms with Crippen molar-refractivity contribution in [3.63, 3.8) is 0 Å². The first-order chi connectivity index (χ1) is 14.3. The van der Waals surface area contributed by atoms with Crippen molar-refractivity contribution < 1.29 is 13.2 Å². The molecule has 1 amide bonds. The molecule has 0 bridgehead atoms. The molecule has 154 valence electrons. The van der Waals surface area contributed by atoms with E-state index in [0.717, 1.165) is 17.5 Å². The summed E-state index contributed by atoms with van der Waals surface area (Å²) in [6, 6.07) is 19.2. The van der Waals surface area contributed by atoms with Crippen LogP contribution in [-0.4, -0.2) is 25.8 Å². The molecule has 5 nitrogen and oxygen atoms in total. The third-order valence-corrected chi connectivity index (χ3v) is 6.91. The van der Waals surface area contributed by atoms with E-state index in [-0.39, 0.29) is 15.8 Å². The quantitative estimate of drug-likeness (QED) is 0.642. The van der Waals surface area contributed by atoms with Gasteiger partial charge in [0.1, 0.15) is 0 Å². The van der Waals surface area contributed by atoms with Gasteiger partial charge < -0.3 is 4.90 Å². The zero-order chi connectivity index (χ0) is 21.3. The number of nitrogens with zero attached hydrogens (tertiary/aromatic N) is 1. The highest BCUT2D eigenvalue weighted by atomic mass is 35.5. The monoisotopic (exact) mass is 440 g/mol. The van der Waals surface area contributed by atoms with Crippen molar-refractivity contribution in [3.05, 3.63) is 94.0 Å². The lowest BCUT2D eigenvalue weighted by atomic mass is 9.99. The number of hydrogen-bond donors (Lipinski definition) is 1. The number of benzene rings is 3. The van der Waals surface area contributed by atoms with Crippen molar-refractivity contribution >= 4 is 33.2 Å². The Kier molecular flexibility index (Phi) is 5.54. The molecule has 0 fully saturated rings. The molecule has 0 radical (unpaired) electrons. The van der Waals surface area contributed by atoms with E-state index in [2.05, 4.69) is 10.8 Å². The molecule has 0 unspecified atom stereocenters. The van der Waals surface area contributed by atoms with E-state index in [1.165, 1.54) is 11.6 Å². The second-order valence-corrected chi connectivity index (χ2v) is 9.45. The van der Waals surface area contributed by atoms with Gasteiger partial charge in [0.25, 0.3) is 15.9 Å². The summed E-state index contributed by atoms with van der Waals surface area (Å²) in [5.74, 6) is -0.164. The summed E-state index contributed by atoms with van der Waals surface area (Å²) < 4.78 is 27.7. The zero-order valence-corrected chi connectivity index (χ0v) is 18.0. The van der Waals surface area contributed by atoms with Crippen molar-refractivity contribution in [2.45, 2.75) is 24.8 Å². The summed E-state index contributed by atoms with van der Waals surface area (Å²) in [6.07, 6.45) is 0.800. The van der Waals surface area contributed by atoms with E-state index in [0.29, 0.717) is 24.3 Å². The third kappa shape index (κ3) is 4.20. The van der Waals surface area contributed by atoms with Gasteiger partial charge in [0, 0.05) is 13.1 Å². The minimum Gasteiger partial charge on any atom is -0.334 e. The molecule has 0 saturated carbocycles. The second-order valence-electron chi connectivity index (χ2n) is 7.36. The third-order valence-electron chi connectivity index (χ3n) is 5.20. The van der Waals surface area contributed by atoms with Gasteiger partial charge in [-0.25, -0.2) is 8.42 Å². The molecule has 1 N–H and O–H groups in total. The molecular weight excluding hydrogens is 420 g/mol. The fraction of sp³-hybridized carbons (Fsp3) is 0.174. The van der Waals surface area contributed by atoms with Gasteiger partial charge in [0.05, 0.1) is 21.2 Å². The van der Waals surface area contributed by atoms with Crippen molar-refractivity contribution in [2.24, 2.45) is 0 Å². The lowest BCUT2D eigenvalue weighted by Crippen LogP contribution is -2.36. The molecule has 3 aromatic carbocycles. The normalized spacial score (nSPS) is 13.6. The predicted octanol–water partition coefficient (Wildman–Crippen LogP) is 4.65. The number of halogens is 1. The smallest absolute Gasteiger partial charge is 0.261 e. The van der Waals surface area contributed by atoms with Crippen LogP contribution in [-0.2, 0) is 23.0 Å². The number of amides is 1. The van der Waals surface area contributed by atoms with Crippen molar-refractivity contribution in [1.29, 1.82) is 0 Å². The SMILES string of the molecule is Cc1ccc(S(=O)(=O)Nc2ccc(C(=O)N3CCc4ccccc4C3)c(Cl)c2)cc1. The number of nitrogens with one attached hydrogen (secondary N) is 1. The fourth-order valence-electron chi connectivity index (χ4n) is 3.52. The highest BCUT2D eigenvalue weighted by molar-refractivity contribution is 7.92. The first-order valence-corrected chi connectivity index (χ1v) is 11.4. The Morgan fingerprint density at radius 2 is 1.70 bits per heavy atom. The standard InChI is InChI=1S/C23H21ClN2O3S/c1-16-6-9-20(10-7-16)30(28,29)25-19-8-11-21(22(24)14-19)23(27)26-13-12-17-4-2-3-5-18(17)15-26/h2-11,14,25H,12-13,15H2,1H3. The Bertz CT molecular complexity index is 1210. The first kappa shape index (κ1) is 20.4. The number of hydrogen-bond acceptors (Lipinski definition) is 3. The van der Waals surface area contributed by atoms with Crippen LogP contribution in [0.15, 0.2) is 71.6 Å². The minimum atomic E-state index is -3.74. The van der Waals surface area contributed by atoms with E-state index < -0.39 is 10.0 Å². The number of fused-ring (bicyclic) bond motifs is 1. The largest absolute Gasteiger partial charge is 0.334 e.